The molecule has 0 N–H and O–H groups in total. The minimum absolute atomic E-state index is 0.128. The summed E-state index contributed by atoms with van der Waals surface area (Å²) in [5, 5.41) is 0. The SMILES string of the molecule is O=Cc1nc2ccccc2n1CF. The van der Waals surface area contributed by atoms with Crippen LogP contribution in [-0.4, -0.2) is 15.8 Å². The standard InChI is InChI=1S/C9H7FN2O/c10-6-12-8-4-2-1-3-7(8)11-9(12)5-13/h1-5H,6H2. The van der Waals surface area contributed by atoms with Crippen LogP contribution in [0.2, 0.25) is 0 Å². The van der Waals surface area contributed by atoms with Gasteiger partial charge in [-0.15, -0.1) is 0 Å². The van der Waals surface area contributed by atoms with Crippen LogP contribution in [0.25, 0.3) is 11.0 Å². The summed E-state index contributed by atoms with van der Waals surface area (Å²) >= 11 is 0. The van der Waals surface area contributed by atoms with Gasteiger partial charge in [-0.3, -0.25) is 9.36 Å². The van der Waals surface area contributed by atoms with Crippen molar-refractivity contribution in [2.24, 2.45) is 0 Å². The molecule has 2 aromatic rings. The molecule has 0 amide bonds. The van der Waals surface area contributed by atoms with Gasteiger partial charge in [-0.1, -0.05) is 12.1 Å². The van der Waals surface area contributed by atoms with Crippen molar-refractivity contribution < 1.29 is 9.18 Å². The zero-order valence-corrected chi connectivity index (χ0v) is 6.77. The fraction of sp³-hybridized carbons (Fsp3) is 0.111. The smallest absolute Gasteiger partial charge is 0.185 e. The van der Waals surface area contributed by atoms with Crippen molar-refractivity contribution in [2.45, 2.75) is 6.80 Å². The molecule has 0 aliphatic heterocycles. The number of hydrogen-bond donors (Lipinski definition) is 0. The van der Waals surface area contributed by atoms with E-state index in [1.54, 1.807) is 24.3 Å². The predicted octanol–water partition coefficient (Wildman–Crippen LogP) is 1.78. The number of aldehydes is 1. The number of para-hydroxylation sites is 2. The summed E-state index contributed by atoms with van der Waals surface area (Å²) in [5.74, 6) is 0.128. The Balaban J connectivity index is 2.81. The van der Waals surface area contributed by atoms with Crippen LogP contribution in [0.3, 0.4) is 0 Å². The molecule has 0 saturated heterocycles. The highest BCUT2D eigenvalue weighted by atomic mass is 19.1. The van der Waals surface area contributed by atoms with Gasteiger partial charge in [0.1, 0.15) is 0 Å². The maximum Gasteiger partial charge on any atom is 0.185 e. The van der Waals surface area contributed by atoms with E-state index in [0.29, 0.717) is 17.3 Å². The lowest BCUT2D eigenvalue weighted by Gasteiger charge is -1.96. The Bertz CT molecular complexity index is 450. The summed E-state index contributed by atoms with van der Waals surface area (Å²) < 4.78 is 13.7. The van der Waals surface area contributed by atoms with Gasteiger partial charge in [0.05, 0.1) is 11.0 Å². The van der Waals surface area contributed by atoms with Crippen molar-refractivity contribution >= 4 is 17.3 Å². The zero-order valence-electron chi connectivity index (χ0n) is 6.77. The molecule has 13 heavy (non-hydrogen) atoms. The van der Waals surface area contributed by atoms with Gasteiger partial charge >= 0.3 is 0 Å². The van der Waals surface area contributed by atoms with E-state index in [0.717, 1.165) is 0 Å². The van der Waals surface area contributed by atoms with Crippen molar-refractivity contribution in [1.82, 2.24) is 9.55 Å². The number of hydrogen-bond acceptors (Lipinski definition) is 2. The number of carbonyl (C=O) groups excluding carboxylic acids is 1. The number of nitrogens with zero attached hydrogens (tertiary/aromatic N) is 2. The van der Waals surface area contributed by atoms with E-state index in [2.05, 4.69) is 4.98 Å². The number of benzene rings is 1. The summed E-state index contributed by atoms with van der Waals surface area (Å²) in [6.45, 7) is -0.728. The molecular weight excluding hydrogens is 171 g/mol. The van der Waals surface area contributed by atoms with Crippen LogP contribution in [0.1, 0.15) is 10.6 Å². The molecule has 1 aromatic heterocycles. The fourth-order valence-corrected chi connectivity index (χ4v) is 1.31. The first-order valence-electron chi connectivity index (χ1n) is 3.83. The normalized spacial score (nSPS) is 10.5. The molecule has 0 unspecified atom stereocenters. The van der Waals surface area contributed by atoms with Crippen LogP contribution in [0.5, 0.6) is 0 Å². The topological polar surface area (TPSA) is 34.9 Å². The fourth-order valence-electron chi connectivity index (χ4n) is 1.31. The number of imidazole rings is 1. The van der Waals surface area contributed by atoms with E-state index in [-0.39, 0.29) is 5.82 Å². The van der Waals surface area contributed by atoms with Crippen LogP contribution < -0.4 is 0 Å². The van der Waals surface area contributed by atoms with Crippen molar-refractivity contribution in [3.63, 3.8) is 0 Å². The summed E-state index contributed by atoms with van der Waals surface area (Å²) in [7, 11) is 0. The second-order valence-corrected chi connectivity index (χ2v) is 2.62. The first kappa shape index (κ1) is 7.91. The summed E-state index contributed by atoms with van der Waals surface area (Å²) in [4.78, 5) is 14.5. The Hall–Kier alpha value is -1.71. The van der Waals surface area contributed by atoms with E-state index in [9.17, 15) is 9.18 Å². The van der Waals surface area contributed by atoms with Gasteiger partial charge in [-0.2, -0.15) is 0 Å². The molecule has 0 saturated carbocycles. The van der Waals surface area contributed by atoms with Crippen LogP contribution in [0.4, 0.5) is 4.39 Å². The lowest BCUT2D eigenvalue weighted by Crippen LogP contribution is -1.98. The number of fused-ring (bicyclic) bond motifs is 1. The molecule has 2 rings (SSSR count). The zero-order chi connectivity index (χ0) is 9.26. The minimum atomic E-state index is -0.728. The number of aromatic nitrogens is 2. The van der Waals surface area contributed by atoms with Crippen LogP contribution in [0.15, 0.2) is 24.3 Å². The Morgan fingerprint density at radius 1 is 1.46 bits per heavy atom. The highest BCUT2D eigenvalue weighted by Crippen LogP contribution is 2.14. The second kappa shape index (κ2) is 2.97. The predicted molar refractivity (Wildman–Crippen MR) is 46.2 cm³/mol. The molecule has 0 bridgehead atoms. The lowest BCUT2D eigenvalue weighted by atomic mass is 10.3. The molecule has 0 spiro atoms. The van der Waals surface area contributed by atoms with E-state index >= 15 is 0 Å². The van der Waals surface area contributed by atoms with Gasteiger partial charge in [0.25, 0.3) is 0 Å². The summed E-state index contributed by atoms with van der Waals surface area (Å²) in [6, 6.07) is 7.06. The monoisotopic (exact) mass is 178 g/mol. The van der Waals surface area contributed by atoms with Gasteiger partial charge in [-0.05, 0) is 12.1 Å². The van der Waals surface area contributed by atoms with E-state index in [4.69, 9.17) is 0 Å². The van der Waals surface area contributed by atoms with Crippen molar-refractivity contribution in [3.8, 4) is 0 Å². The molecule has 1 aromatic carbocycles. The summed E-state index contributed by atoms with van der Waals surface area (Å²) in [5.41, 5.74) is 1.29. The maximum atomic E-state index is 12.5. The molecule has 0 radical (unpaired) electrons. The second-order valence-electron chi connectivity index (χ2n) is 2.62. The Morgan fingerprint density at radius 3 is 2.92 bits per heavy atom. The van der Waals surface area contributed by atoms with Crippen LogP contribution in [-0.2, 0) is 6.80 Å². The van der Waals surface area contributed by atoms with E-state index < -0.39 is 6.80 Å². The van der Waals surface area contributed by atoms with Gasteiger partial charge in [0.15, 0.2) is 18.9 Å². The Morgan fingerprint density at radius 2 is 2.23 bits per heavy atom. The van der Waals surface area contributed by atoms with Gasteiger partial charge in [0, 0.05) is 0 Å². The Kier molecular flexibility index (Phi) is 1.81. The molecule has 0 atom stereocenters. The van der Waals surface area contributed by atoms with Crippen LogP contribution >= 0.6 is 0 Å². The number of alkyl halides is 1. The van der Waals surface area contributed by atoms with E-state index in [1.807, 2.05) is 0 Å². The van der Waals surface area contributed by atoms with Crippen molar-refractivity contribution in [3.05, 3.63) is 30.1 Å². The average molecular weight is 178 g/mol. The molecular formula is C9H7FN2O. The highest BCUT2D eigenvalue weighted by molar-refractivity contribution is 5.82. The van der Waals surface area contributed by atoms with E-state index in [1.165, 1.54) is 4.57 Å². The third-order valence-electron chi connectivity index (χ3n) is 1.91. The van der Waals surface area contributed by atoms with Crippen LogP contribution in [0, 0.1) is 0 Å². The highest BCUT2D eigenvalue weighted by Gasteiger charge is 2.07. The number of halogens is 1. The first-order valence-corrected chi connectivity index (χ1v) is 3.83. The molecule has 1 heterocycles. The maximum absolute atomic E-state index is 12.5. The molecule has 3 nitrogen and oxygen atoms in total. The average Bonchev–Trinajstić information content (AvgIpc) is 2.55. The molecule has 4 heteroatoms. The quantitative estimate of drug-likeness (QED) is 0.657. The number of rotatable bonds is 2. The lowest BCUT2D eigenvalue weighted by molar-refractivity contribution is 0.110. The third kappa shape index (κ3) is 1.11. The molecule has 66 valence electrons. The Labute approximate surface area is 73.8 Å². The largest absolute Gasteiger partial charge is 0.294 e. The molecule has 0 fully saturated rings. The van der Waals surface area contributed by atoms with Gasteiger partial charge in [-0.25, -0.2) is 9.37 Å². The first-order chi connectivity index (χ1) is 6.36. The molecule has 0 aliphatic carbocycles. The summed E-state index contributed by atoms with van der Waals surface area (Å²) in [6.07, 6.45) is 0.555. The molecule has 0 aliphatic rings. The van der Waals surface area contributed by atoms with Gasteiger partial charge < -0.3 is 0 Å². The number of carbonyl (C=O) groups is 1. The third-order valence-corrected chi connectivity index (χ3v) is 1.91. The van der Waals surface area contributed by atoms with Gasteiger partial charge in [0.2, 0.25) is 0 Å². The van der Waals surface area contributed by atoms with Crippen molar-refractivity contribution in [2.75, 3.05) is 0 Å². The minimum Gasteiger partial charge on any atom is -0.294 e. The van der Waals surface area contributed by atoms with Crippen molar-refractivity contribution in [1.29, 1.82) is 0 Å².